The van der Waals surface area contributed by atoms with Gasteiger partial charge in [-0.2, -0.15) is 0 Å². The number of ketones is 1. The van der Waals surface area contributed by atoms with E-state index in [0.717, 1.165) is 18.5 Å². The SMILES string of the molecule is CC1C=CC2=C(CC(C)(C)CC2=O)N1Cc1ccccc1. The molecule has 0 spiro atoms. The molecule has 1 atom stereocenters. The summed E-state index contributed by atoms with van der Waals surface area (Å²) >= 11 is 0. The number of allylic oxidation sites excluding steroid dienone is 3. The molecule has 3 rings (SSSR count). The minimum absolute atomic E-state index is 0.0652. The Morgan fingerprint density at radius 3 is 2.62 bits per heavy atom. The third-order valence-corrected chi connectivity index (χ3v) is 4.47. The number of carbonyl (C=O) groups excluding carboxylic acids is 1. The second kappa shape index (κ2) is 5.18. The minimum Gasteiger partial charge on any atom is -0.364 e. The van der Waals surface area contributed by atoms with Crippen molar-refractivity contribution in [3.8, 4) is 0 Å². The van der Waals surface area contributed by atoms with Crippen LogP contribution in [0.2, 0.25) is 0 Å². The molecule has 0 amide bonds. The molecule has 1 aromatic carbocycles. The Labute approximate surface area is 127 Å². The zero-order valence-electron chi connectivity index (χ0n) is 13.1. The van der Waals surface area contributed by atoms with Gasteiger partial charge >= 0.3 is 0 Å². The fourth-order valence-corrected chi connectivity index (χ4v) is 3.35. The van der Waals surface area contributed by atoms with Crippen molar-refractivity contribution >= 4 is 5.78 Å². The van der Waals surface area contributed by atoms with Gasteiger partial charge in [-0.3, -0.25) is 4.79 Å². The maximum Gasteiger partial charge on any atom is 0.165 e. The lowest BCUT2D eigenvalue weighted by Crippen LogP contribution is -2.39. The first-order valence-corrected chi connectivity index (χ1v) is 7.71. The molecule has 1 unspecified atom stereocenters. The lowest BCUT2D eigenvalue weighted by Gasteiger charge is -2.42. The van der Waals surface area contributed by atoms with E-state index in [2.05, 4.69) is 56.0 Å². The maximum atomic E-state index is 12.4. The lowest BCUT2D eigenvalue weighted by molar-refractivity contribution is -0.118. The van der Waals surface area contributed by atoms with E-state index in [4.69, 9.17) is 0 Å². The van der Waals surface area contributed by atoms with Crippen molar-refractivity contribution < 1.29 is 4.79 Å². The first kappa shape index (κ1) is 14.1. The zero-order valence-corrected chi connectivity index (χ0v) is 13.1. The molecular weight excluding hydrogens is 258 g/mol. The Balaban J connectivity index is 1.95. The quantitative estimate of drug-likeness (QED) is 0.813. The van der Waals surface area contributed by atoms with E-state index < -0.39 is 0 Å². The van der Waals surface area contributed by atoms with Gasteiger partial charge < -0.3 is 4.90 Å². The van der Waals surface area contributed by atoms with Gasteiger partial charge in [-0.25, -0.2) is 0 Å². The van der Waals surface area contributed by atoms with Crippen LogP contribution in [0, 0.1) is 5.41 Å². The largest absolute Gasteiger partial charge is 0.364 e. The van der Waals surface area contributed by atoms with Crippen LogP contribution >= 0.6 is 0 Å². The molecule has 1 aliphatic heterocycles. The molecule has 2 nitrogen and oxygen atoms in total. The van der Waals surface area contributed by atoms with Crippen molar-refractivity contribution in [1.82, 2.24) is 4.90 Å². The number of benzene rings is 1. The van der Waals surface area contributed by atoms with E-state index in [1.165, 1.54) is 11.3 Å². The van der Waals surface area contributed by atoms with Crippen molar-refractivity contribution in [2.24, 2.45) is 5.41 Å². The summed E-state index contributed by atoms with van der Waals surface area (Å²) in [5.74, 6) is 0.294. The first-order chi connectivity index (χ1) is 9.96. The molecule has 0 fully saturated rings. The summed E-state index contributed by atoms with van der Waals surface area (Å²) in [6.07, 6.45) is 5.83. The second-order valence-corrected chi connectivity index (χ2v) is 7.01. The highest BCUT2D eigenvalue weighted by molar-refractivity contribution is 6.00. The monoisotopic (exact) mass is 281 g/mol. The fraction of sp³-hybridized carbons (Fsp3) is 0.421. The van der Waals surface area contributed by atoms with Crippen LogP contribution in [0.25, 0.3) is 0 Å². The molecule has 2 aliphatic rings. The van der Waals surface area contributed by atoms with Crippen molar-refractivity contribution in [2.45, 2.75) is 46.2 Å². The molecule has 1 aromatic rings. The van der Waals surface area contributed by atoms with Crippen molar-refractivity contribution in [3.63, 3.8) is 0 Å². The lowest BCUT2D eigenvalue weighted by atomic mass is 9.74. The van der Waals surface area contributed by atoms with Crippen LogP contribution in [-0.4, -0.2) is 16.7 Å². The van der Waals surface area contributed by atoms with E-state index in [1.54, 1.807) is 0 Å². The van der Waals surface area contributed by atoms with Crippen LogP contribution in [0.1, 0.15) is 39.2 Å². The summed E-state index contributed by atoms with van der Waals surface area (Å²) in [4.78, 5) is 14.8. The minimum atomic E-state index is 0.0652. The summed E-state index contributed by atoms with van der Waals surface area (Å²) in [6.45, 7) is 7.46. The Bertz CT molecular complexity index is 610. The summed E-state index contributed by atoms with van der Waals surface area (Å²) in [6, 6.07) is 10.8. The Morgan fingerprint density at radius 1 is 1.19 bits per heavy atom. The molecular formula is C19H23NO. The molecule has 0 bridgehead atoms. The van der Waals surface area contributed by atoms with E-state index in [1.807, 2.05) is 12.1 Å². The molecule has 21 heavy (non-hydrogen) atoms. The first-order valence-electron chi connectivity index (χ1n) is 7.71. The third kappa shape index (κ3) is 2.80. The Morgan fingerprint density at radius 2 is 1.90 bits per heavy atom. The van der Waals surface area contributed by atoms with E-state index in [0.29, 0.717) is 18.2 Å². The van der Waals surface area contributed by atoms with Gasteiger partial charge in [-0.05, 0) is 24.3 Å². The normalized spacial score (nSPS) is 24.2. The van der Waals surface area contributed by atoms with Crippen LogP contribution < -0.4 is 0 Å². The Kier molecular flexibility index (Phi) is 3.48. The zero-order chi connectivity index (χ0) is 15.0. The molecule has 2 heteroatoms. The van der Waals surface area contributed by atoms with Crippen molar-refractivity contribution in [1.29, 1.82) is 0 Å². The van der Waals surface area contributed by atoms with Crippen molar-refractivity contribution in [3.05, 3.63) is 59.3 Å². The molecule has 0 saturated carbocycles. The van der Waals surface area contributed by atoms with Gasteiger partial charge in [0, 0.05) is 30.3 Å². The molecule has 0 saturated heterocycles. The Hall–Kier alpha value is -1.83. The molecule has 110 valence electrons. The van der Waals surface area contributed by atoms with Crippen LogP contribution in [0.3, 0.4) is 0 Å². The topological polar surface area (TPSA) is 20.3 Å². The van der Waals surface area contributed by atoms with Crippen LogP contribution in [0.5, 0.6) is 0 Å². The van der Waals surface area contributed by atoms with Gasteiger partial charge in [-0.15, -0.1) is 0 Å². The maximum absolute atomic E-state index is 12.4. The number of carbonyl (C=O) groups is 1. The third-order valence-electron chi connectivity index (χ3n) is 4.47. The highest BCUT2D eigenvalue weighted by Gasteiger charge is 2.36. The average Bonchev–Trinajstić information content (AvgIpc) is 2.42. The number of nitrogens with zero attached hydrogens (tertiary/aromatic N) is 1. The number of Topliss-reactive ketones (excluding diaryl/α,β-unsaturated/α-hetero) is 1. The average molecular weight is 281 g/mol. The standard InChI is InChI=1S/C19H23NO/c1-14-9-10-16-17(11-19(2,3)12-18(16)21)20(14)13-15-7-5-4-6-8-15/h4-10,14H,11-13H2,1-3H3. The molecule has 0 N–H and O–H groups in total. The highest BCUT2D eigenvalue weighted by Crippen LogP contribution is 2.41. The number of rotatable bonds is 2. The van der Waals surface area contributed by atoms with Crippen molar-refractivity contribution in [2.75, 3.05) is 0 Å². The summed E-state index contributed by atoms with van der Waals surface area (Å²) in [7, 11) is 0. The molecule has 0 radical (unpaired) electrons. The predicted molar refractivity (Wildman–Crippen MR) is 85.6 cm³/mol. The predicted octanol–water partition coefficient (Wildman–Crippen LogP) is 4.09. The second-order valence-electron chi connectivity index (χ2n) is 7.01. The molecule has 1 heterocycles. The molecule has 0 aromatic heterocycles. The van der Waals surface area contributed by atoms with E-state index in [9.17, 15) is 4.79 Å². The van der Waals surface area contributed by atoms with Gasteiger partial charge in [0.1, 0.15) is 0 Å². The van der Waals surface area contributed by atoms with Crippen LogP contribution in [0.4, 0.5) is 0 Å². The van der Waals surface area contributed by atoms with E-state index in [-0.39, 0.29) is 5.41 Å². The van der Waals surface area contributed by atoms with E-state index >= 15 is 0 Å². The van der Waals surface area contributed by atoms with Crippen LogP contribution in [0.15, 0.2) is 53.8 Å². The summed E-state index contributed by atoms with van der Waals surface area (Å²) in [5, 5.41) is 0. The van der Waals surface area contributed by atoms with Gasteiger partial charge in [-0.1, -0.05) is 56.3 Å². The van der Waals surface area contributed by atoms with Gasteiger partial charge in [0.05, 0.1) is 0 Å². The van der Waals surface area contributed by atoms with Gasteiger partial charge in [0.2, 0.25) is 0 Å². The number of hydrogen-bond donors (Lipinski definition) is 0. The molecule has 1 aliphatic carbocycles. The summed E-state index contributed by atoms with van der Waals surface area (Å²) < 4.78 is 0. The smallest absolute Gasteiger partial charge is 0.165 e. The number of hydrogen-bond acceptors (Lipinski definition) is 2. The van der Waals surface area contributed by atoms with Crippen LogP contribution in [-0.2, 0) is 11.3 Å². The highest BCUT2D eigenvalue weighted by atomic mass is 16.1. The summed E-state index contributed by atoms with van der Waals surface area (Å²) in [5.41, 5.74) is 3.52. The fourth-order valence-electron chi connectivity index (χ4n) is 3.35. The van der Waals surface area contributed by atoms with Gasteiger partial charge in [0.15, 0.2) is 5.78 Å². The van der Waals surface area contributed by atoms with Gasteiger partial charge in [0.25, 0.3) is 0 Å².